The zero-order valence-electron chi connectivity index (χ0n) is 16.9. The fraction of sp³-hybridized carbons (Fsp3) is 0.182. The van der Waals surface area contributed by atoms with Crippen LogP contribution in [0.2, 0.25) is 0 Å². The topological polar surface area (TPSA) is 92.3 Å². The number of amides is 1. The van der Waals surface area contributed by atoms with Gasteiger partial charge in [-0.3, -0.25) is 14.3 Å². The van der Waals surface area contributed by atoms with Crippen molar-refractivity contribution in [3.05, 3.63) is 75.7 Å². The number of hydrogen-bond donors (Lipinski definition) is 2. The number of ketones is 1. The summed E-state index contributed by atoms with van der Waals surface area (Å²) in [6, 6.07) is 13.5. The highest BCUT2D eigenvalue weighted by Crippen LogP contribution is 2.24. The van der Waals surface area contributed by atoms with E-state index in [0.29, 0.717) is 10.4 Å². The fourth-order valence-corrected chi connectivity index (χ4v) is 5.04. The largest absolute Gasteiger partial charge is 0.326 e. The SMILES string of the molecule is Cc1ccc(C(=O)CCC(=O)Nc2ccc(C)c(S(=O)(=O)Nc3ccccc3F)c2)s1. The Labute approximate surface area is 184 Å². The van der Waals surface area contributed by atoms with Crippen LogP contribution in [0.1, 0.15) is 33.0 Å². The lowest BCUT2D eigenvalue weighted by atomic mass is 10.1. The van der Waals surface area contributed by atoms with Crippen LogP contribution in [0, 0.1) is 19.7 Å². The van der Waals surface area contributed by atoms with Crippen LogP contribution in [0.4, 0.5) is 15.8 Å². The van der Waals surface area contributed by atoms with Crippen LogP contribution in [-0.2, 0) is 14.8 Å². The summed E-state index contributed by atoms with van der Waals surface area (Å²) in [6.45, 7) is 3.50. The first-order valence-electron chi connectivity index (χ1n) is 9.43. The van der Waals surface area contributed by atoms with E-state index in [1.807, 2.05) is 13.0 Å². The molecule has 0 bridgehead atoms. The van der Waals surface area contributed by atoms with Gasteiger partial charge in [0, 0.05) is 23.4 Å². The minimum atomic E-state index is -4.08. The van der Waals surface area contributed by atoms with Gasteiger partial charge in [-0.15, -0.1) is 11.3 Å². The molecule has 31 heavy (non-hydrogen) atoms. The summed E-state index contributed by atoms with van der Waals surface area (Å²) >= 11 is 1.38. The Morgan fingerprint density at radius 1 is 1.00 bits per heavy atom. The first kappa shape index (κ1) is 22.6. The van der Waals surface area contributed by atoms with Crippen molar-refractivity contribution in [3.63, 3.8) is 0 Å². The normalized spacial score (nSPS) is 11.2. The van der Waals surface area contributed by atoms with Crippen molar-refractivity contribution < 1.29 is 22.4 Å². The molecule has 1 amide bonds. The molecule has 6 nitrogen and oxygen atoms in total. The molecule has 0 spiro atoms. The van der Waals surface area contributed by atoms with Gasteiger partial charge in [-0.1, -0.05) is 18.2 Å². The smallest absolute Gasteiger partial charge is 0.262 e. The van der Waals surface area contributed by atoms with E-state index in [0.717, 1.165) is 10.9 Å². The van der Waals surface area contributed by atoms with Crippen LogP contribution in [0.15, 0.2) is 59.5 Å². The van der Waals surface area contributed by atoms with Crippen LogP contribution in [0.5, 0.6) is 0 Å². The molecule has 9 heteroatoms. The number of hydrogen-bond acceptors (Lipinski definition) is 5. The second kappa shape index (κ2) is 9.40. The number of Topliss-reactive ketones (excluding diaryl/α,β-unsaturated/α-hetero) is 1. The second-order valence-electron chi connectivity index (χ2n) is 6.95. The lowest BCUT2D eigenvalue weighted by Crippen LogP contribution is -2.17. The quantitative estimate of drug-likeness (QED) is 0.468. The standard InChI is InChI=1S/C22H21FN2O4S2/c1-14-7-9-16(24-22(27)12-10-19(26)20-11-8-15(2)30-20)13-21(14)31(28,29)25-18-6-4-3-5-17(18)23/h3-9,11,13,25H,10,12H2,1-2H3,(H,24,27). The molecule has 3 aromatic rings. The Morgan fingerprint density at radius 2 is 1.74 bits per heavy atom. The molecule has 0 aliphatic rings. The van der Waals surface area contributed by atoms with Gasteiger partial charge in [-0.25, -0.2) is 12.8 Å². The predicted octanol–water partition coefficient (Wildman–Crippen LogP) is 4.91. The van der Waals surface area contributed by atoms with Gasteiger partial charge in [0.25, 0.3) is 10.0 Å². The first-order chi connectivity index (χ1) is 14.7. The number of halogens is 1. The van der Waals surface area contributed by atoms with E-state index in [1.165, 1.54) is 35.6 Å². The van der Waals surface area contributed by atoms with Gasteiger partial charge in [-0.2, -0.15) is 0 Å². The summed E-state index contributed by atoms with van der Waals surface area (Å²) in [5.74, 6) is -1.22. The fourth-order valence-electron chi connectivity index (χ4n) is 2.87. The van der Waals surface area contributed by atoms with Gasteiger partial charge in [0.2, 0.25) is 5.91 Å². The number of carbonyl (C=O) groups excluding carboxylic acids is 2. The lowest BCUT2D eigenvalue weighted by molar-refractivity contribution is -0.116. The van der Waals surface area contributed by atoms with Crippen LogP contribution in [-0.4, -0.2) is 20.1 Å². The summed E-state index contributed by atoms with van der Waals surface area (Å²) < 4.78 is 41.6. The molecule has 2 N–H and O–H groups in total. The molecule has 0 aliphatic heterocycles. The highest BCUT2D eigenvalue weighted by atomic mass is 32.2. The molecule has 0 unspecified atom stereocenters. The number of nitrogens with one attached hydrogen (secondary N) is 2. The van der Waals surface area contributed by atoms with Gasteiger partial charge in [-0.05, 0) is 55.8 Å². The van der Waals surface area contributed by atoms with Crippen LogP contribution in [0.3, 0.4) is 0 Å². The third kappa shape index (κ3) is 5.77. The highest BCUT2D eigenvalue weighted by Gasteiger charge is 2.20. The van der Waals surface area contributed by atoms with Crippen LogP contribution < -0.4 is 10.0 Å². The summed E-state index contributed by atoms with van der Waals surface area (Å²) in [5.41, 5.74) is 0.535. The average molecular weight is 461 g/mol. The molecule has 1 heterocycles. The highest BCUT2D eigenvalue weighted by molar-refractivity contribution is 7.92. The maximum Gasteiger partial charge on any atom is 0.262 e. The van der Waals surface area contributed by atoms with Crippen molar-refractivity contribution in [2.75, 3.05) is 10.0 Å². The number of thiophene rings is 1. The number of benzene rings is 2. The molecule has 0 atom stereocenters. The Hall–Kier alpha value is -3.04. The first-order valence-corrected chi connectivity index (χ1v) is 11.7. The third-order valence-electron chi connectivity index (χ3n) is 4.47. The predicted molar refractivity (Wildman–Crippen MR) is 120 cm³/mol. The number of sulfonamides is 1. The van der Waals surface area contributed by atoms with E-state index in [9.17, 15) is 22.4 Å². The lowest BCUT2D eigenvalue weighted by Gasteiger charge is -2.13. The molecule has 0 radical (unpaired) electrons. The van der Waals surface area contributed by atoms with Gasteiger partial charge in [0.1, 0.15) is 5.82 Å². The Balaban J connectivity index is 1.69. The molecule has 0 aliphatic carbocycles. The van der Waals surface area contributed by atoms with Crippen molar-refractivity contribution in [3.8, 4) is 0 Å². The third-order valence-corrected chi connectivity index (χ3v) is 7.02. The maximum atomic E-state index is 13.9. The Bertz CT molecular complexity index is 1240. The Morgan fingerprint density at radius 3 is 2.42 bits per heavy atom. The van der Waals surface area contributed by atoms with E-state index in [4.69, 9.17) is 0 Å². The van der Waals surface area contributed by atoms with Gasteiger partial charge in [0.15, 0.2) is 5.78 Å². The number of anilines is 2. The monoisotopic (exact) mass is 460 g/mol. The Kier molecular flexibility index (Phi) is 6.87. The van der Waals surface area contributed by atoms with Crippen LogP contribution in [0.25, 0.3) is 0 Å². The minimum absolute atomic E-state index is 0.0286. The van der Waals surface area contributed by atoms with Gasteiger partial charge in [0.05, 0.1) is 15.5 Å². The number of aryl methyl sites for hydroxylation is 2. The zero-order chi connectivity index (χ0) is 22.6. The summed E-state index contributed by atoms with van der Waals surface area (Å²) in [4.78, 5) is 26.0. The van der Waals surface area contributed by atoms with E-state index in [1.54, 1.807) is 25.1 Å². The maximum absolute atomic E-state index is 13.9. The van der Waals surface area contributed by atoms with E-state index >= 15 is 0 Å². The average Bonchev–Trinajstić information content (AvgIpc) is 3.15. The van der Waals surface area contributed by atoms with Gasteiger partial charge >= 0.3 is 0 Å². The molecular formula is C22H21FN2O4S2. The van der Waals surface area contributed by atoms with E-state index in [2.05, 4.69) is 10.0 Å². The minimum Gasteiger partial charge on any atom is -0.326 e. The molecule has 0 fully saturated rings. The molecule has 0 saturated carbocycles. The van der Waals surface area contributed by atoms with Crippen LogP contribution >= 0.6 is 11.3 Å². The van der Waals surface area contributed by atoms with Crippen molar-refractivity contribution in [2.45, 2.75) is 31.6 Å². The summed E-state index contributed by atoms with van der Waals surface area (Å²) in [7, 11) is -4.08. The van der Waals surface area contributed by atoms with Crippen molar-refractivity contribution in [1.82, 2.24) is 0 Å². The van der Waals surface area contributed by atoms with Crippen molar-refractivity contribution in [1.29, 1.82) is 0 Å². The number of rotatable bonds is 8. The number of para-hydroxylation sites is 1. The van der Waals surface area contributed by atoms with E-state index in [-0.39, 0.29) is 34.9 Å². The molecule has 1 aromatic heterocycles. The summed E-state index contributed by atoms with van der Waals surface area (Å²) in [6.07, 6.45) is 0.0247. The summed E-state index contributed by atoms with van der Waals surface area (Å²) in [5, 5.41) is 2.61. The van der Waals surface area contributed by atoms with Crippen molar-refractivity contribution >= 4 is 44.4 Å². The van der Waals surface area contributed by atoms with E-state index < -0.39 is 21.7 Å². The molecule has 162 valence electrons. The molecule has 0 saturated heterocycles. The zero-order valence-corrected chi connectivity index (χ0v) is 18.6. The molecule has 2 aromatic carbocycles. The van der Waals surface area contributed by atoms with Gasteiger partial charge < -0.3 is 5.32 Å². The van der Waals surface area contributed by atoms with Crippen molar-refractivity contribution in [2.24, 2.45) is 0 Å². The molecular weight excluding hydrogens is 439 g/mol. The second-order valence-corrected chi connectivity index (χ2v) is 9.89. The number of carbonyl (C=O) groups is 2. The molecule has 3 rings (SSSR count).